The van der Waals surface area contributed by atoms with Crippen molar-refractivity contribution in [2.75, 3.05) is 5.32 Å². The Morgan fingerprint density at radius 2 is 1.96 bits per heavy atom. The van der Waals surface area contributed by atoms with E-state index in [1.54, 1.807) is 0 Å². The van der Waals surface area contributed by atoms with E-state index in [0.717, 1.165) is 24.5 Å². The number of carbonyl (C=O) groups excluding carboxylic acids is 1. The van der Waals surface area contributed by atoms with Crippen LogP contribution in [0.25, 0.3) is 0 Å². The molecule has 2 fully saturated rings. The van der Waals surface area contributed by atoms with Crippen LogP contribution in [-0.2, 0) is 11.0 Å². The fourth-order valence-corrected chi connectivity index (χ4v) is 4.64. The number of nitro groups is 1. The van der Waals surface area contributed by atoms with E-state index in [4.69, 9.17) is 0 Å². The van der Waals surface area contributed by atoms with Crippen LogP contribution < -0.4 is 10.6 Å². The minimum Gasteiger partial charge on any atom is -0.368 e. The Kier molecular flexibility index (Phi) is 5.54. The van der Waals surface area contributed by atoms with Gasteiger partial charge in [0.15, 0.2) is 0 Å². The molecule has 9 heteroatoms. The summed E-state index contributed by atoms with van der Waals surface area (Å²) < 4.78 is 38.4. The van der Waals surface area contributed by atoms with Crippen molar-refractivity contribution < 1.29 is 22.9 Å². The topological polar surface area (TPSA) is 84.3 Å². The van der Waals surface area contributed by atoms with Gasteiger partial charge in [-0.25, -0.2) is 0 Å². The highest BCUT2D eigenvalue weighted by Gasteiger charge is 2.42. The first-order valence-corrected chi connectivity index (χ1v) is 9.48. The number of nitro benzene ring substituents is 1. The summed E-state index contributed by atoms with van der Waals surface area (Å²) in [6, 6.07) is 1.40. The molecule has 2 saturated carbocycles. The van der Waals surface area contributed by atoms with Gasteiger partial charge in [-0.15, -0.1) is 0 Å². The van der Waals surface area contributed by atoms with Crippen molar-refractivity contribution in [3.05, 3.63) is 33.9 Å². The number of carbonyl (C=O) groups is 1. The van der Waals surface area contributed by atoms with E-state index in [0.29, 0.717) is 17.9 Å². The summed E-state index contributed by atoms with van der Waals surface area (Å²) in [5, 5.41) is 16.8. The predicted octanol–water partition coefficient (Wildman–Crippen LogP) is 4.35. The maximum atomic E-state index is 12.8. The van der Waals surface area contributed by atoms with Crippen molar-refractivity contribution in [2.45, 2.75) is 57.8 Å². The second kappa shape index (κ2) is 7.60. The monoisotopic (exact) mass is 399 g/mol. The lowest BCUT2D eigenvalue weighted by atomic mass is 9.84. The van der Waals surface area contributed by atoms with Crippen LogP contribution in [0.2, 0.25) is 0 Å². The lowest BCUT2D eigenvalue weighted by molar-refractivity contribution is -0.384. The molecule has 4 unspecified atom stereocenters. The Morgan fingerprint density at radius 3 is 2.50 bits per heavy atom. The van der Waals surface area contributed by atoms with Crippen molar-refractivity contribution in [1.82, 2.24) is 5.32 Å². The number of anilines is 1. The van der Waals surface area contributed by atoms with Gasteiger partial charge in [-0.1, -0.05) is 6.42 Å². The number of amides is 1. The van der Waals surface area contributed by atoms with E-state index >= 15 is 0 Å². The highest BCUT2D eigenvalue weighted by Crippen LogP contribution is 2.49. The summed E-state index contributed by atoms with van der Waals surface area (Å²) in [5.74, 6) is 1.50. The number of rotatable bonds is 6. The Hall–Kier alpha value is -2.32. The standard InChI is InChI=1S/C19H24F3N3O3/c1-10(15-8-12-3-4-13(15)7-12)24-18(26)11(2)23-16-6-5-14(19(20,21)22)9-17(16)25(27)28/h5-6,9-13,15,23H,3-4,7-8H2,1-2H3,(H,24,26)/t10?,11-,12?,13?,15?/m0/s1. The number of halogens is 3. The third kappa shape index (κ3) is 4.23. The Labute approximate surface area is 161 Å². The average molecular weight is 399 g/mol. The quantitative estimate of drug-likeness (QED) is 0.550. The fourth-order valence-electron chi connectivity index (χ4n) is 4.64. The predicted molar refractivity (Wildman–Crippen MR) is 97.7 cm³/mol. The van der Waals surface area contributed by atoms with Crippen molar-refractivity contribution in [1.29, 1.82) is 0 Å². The minimum atomic E-state index is -4.68. The van der Waals surface area contributed by atoms with Crippen LogP contribution in [0, 0.1) is 27.9 Å². The van der Waals surface area contributed by atoms with Crippen molar-refractivity contribution in [3.63, 3.8) is 0 Å². The van der Waals surface area contributed by atoms with Gasteiger partial charge < -0.3 is 10.6 Å². The first kappa shape index (κ1) is 20.4. The minimum absolute atomic E-state index is 0.00496. The Morgan fingerprint density at radius 1 is 1.25 bits per heavy atom. The van der Waals surface area contributed by atoms with E-state index in [1.165, 1.54) is 26.2 Å². The number of alkyl halides is 3. The second-order valence-electron chi connectivity index (χ2n) is 7.99. The van der Waals surface area contributed by atoms with E-state index in [-0.39, 0.29) is 17.6 Å². The molecule has 1 aromatic rings. The molecular weight excluding hydrogens is 375 g/mol. The largest absolute Gasteiger partial charge is 0.416 e. The third-order valence-electron chi connectivity index (χ3n) is 6.09. The molecule has 2 N–H and O–H groups in total. The zero-order valence-electron chi connectivity index (χ0n) is 15.8. The van der Waals surface area contributed by atoms with E-state index in [1.807, 2.05) is 6.92 Å². The molecule has 0 saturated heterocycles. The number of fused-ring (bicyclic) bond motifs is 2. The molecule has 2 aliphatic rings. The van der Waals surface area contributed by atoms with Gasteiger partial charge in [0.25, 0.3) is 5.69 Å². The highest BCUT2D eigenvalue weighted by molar-refractivity contribution is 5.85. The molecule has 154 valence electrons. The van der Waals surface area contributed by atoms with Crippen molar-refractivity contribution in [3.8, 4) is 0 Å². The van der Waals surface area contributed by atoms with Crippen molar-refractivity contribution in [2.24, 2.45) is 17.8 Å². The Balaban J connectivity index is 1.65. The molecule has 0 aromatic heterocycles. The fraction of sp³-hybridized carbons (Fsp3) is 0.632. The van der Waals surface area contributed by atoms with Crippen LogP contribution in [0.1, 0.15) is 45.1 Å². The molecule has 2 aliphatic carbocycles. The van der Waals surface area contributed by atoms with Crippen LogP contribution in [-0.4, -0.2) is 22.9 Å². The first-order valence-electron chi connectivity index (χ1n) is 9.48. The summed E-state index contributed by atoms with van der Waals surface area (Å²) >= 11 is 0. The molecule has 1 amide bonds. The molecule has 0 heterocycles. The van der Waals surface area contributed by atoms with Gasteiger partial charge in [0.1, 0.15) is 11.7 Å². The van der Waals surface area contributed by atoms with E-state index < -0.39 is 28.4 Å². The summed E-state index contributed by atoms with van der Waals surface area (Å²) in [4.78, 5) is 22.8. The molecule has 28 heavy (non-hydrogen) atoms. The van der Waals surface area contributed by atoms with Gasteiger partial charge in [0.2, 0.25) is 5.91 Å². The molecule has 0 radical (unpaired) electrons. The first-order chi connectivity index (χ1) is 13.1. The van der Waals surface area contributed by atoms with Gasteiger partial charge in [0, 0.05) is 12.1 Å². The Bertz CT molecular complexity index is 769. The number of hydrogen-bond acceptors (Lipinski definition) is 4. The van der Waals surface area contributed by atoms with Crippen LogP contribution in [0.5, 0.6) is 0 Å². The lowest BCUT2D eigenvalue weighted by Crippen LogP contribution is -2.46. The smallest absolute Gasteiger partial charge is 0.368 e. The summed E-state index contributed by atoms with van der Waals surface area (Å²) in [7, 11) is 0. The van der Waals surface area contributed by atoms with Gasteiger partial charge >= 0.3 is 6.18 Å². The van der Waals surface area contributed by atoms with E-state index in [9.17, 15) is 28.1 Å². The molecule has 3 rings (SSSR count). The molecule has 0 spiro atoms. The number of nitrogens with one attached hydrogen (secondary N) is 2. The summed E-state index contributed by atoms with van der Waals surface area (Å²) in [6.07, 6.45) is 0.107. The van der Waals surface area contributed by atoms with E-state index in [2.05, 4.69) is 10.6 Å². The normalized spacial score (nSPS) is 26.0. The molecule has 2 bridgehead atoms. The molecule has 1 aromatic carbocycles. The third-order valence-corrected chi connectivity index (χ3v) is 6.09. The average Bonchev–Trinajstić information content (AvgIpc) is 3.24. The number of benzene rings is 1. The van der Waals surface area contributed by atoms with Crippen LogP contribution >= 0.6 is 0 Å². The van der Waals surface area contributed by atoms with Crippen LogP contribution in [0.3, 0.4) is 0 Å². The van der Waals surface area contributed by atoms with Gasteiger partial charge in [-0.05, 0) is 63.0 Å². The van der Waals surface area contributed by atoms with Gasteiger partial charge in [-0.2, -0.15) is 13.2 Å². The zero-order chi connectivity index (χ0) is 20.6. The summed E-state index contributed by atoms with van der Waals surface area (Å²) in [6.45, 7) is 3.50. The second-order valence-corrected chi connectivity index (χ2v) is 7.99. The number of hydrogen-bond donors (Lipinski definition) is 2. The maximum absolute atomic E-state index is 12.8. The van der Waals surface area contributed by atoms with Crippen molar-refractivity contribution >= 4 is 17.3 Å². The lowest BCUT2D eigenvalue weighted by Gasteiger charge is -2.29. The van der Waals surface area contributed by atoms with Gasteiger partial charge in [-0.3, -0.25) is 14.9 Å². The van der Waals surface area contributed by atoms with Crippen LogP contribution in [0.4, 0.5) is 24.5 Å². The number of nitrogens with zero attached hydrogens (tertiary/aromatic N) is 1. The van der Waals surface area contributed by atoms with Gasteiger partial charge in [0.05, 0.1) is 10.5 Å². The molecule has 0 aliphatic heterocycles. The molecule has 6 nitrogen and oxygen atoms in total. The SMILES string of the molecule is CC(NC(=O)[C@H](C)Nc1ccc(C(F)(F)F)cc1[N+](=O)[O-])C1CC2CCC1C2. The molecular formula is C19H24F3N3O3. The summed E-state index contributed by atoms with van der Waals surface area (Å²) in [5.41, 5.74) is -1.93. The zero-order valence-corrected chi connectivity index (χ0v) is 15.8. The molecule has 5 atom stereocenters. The van der Waals surface area contributed by atoms with Crippen LogP contribution in [0.15, 0.2) is 18.2 Å². The maximum Gasteiger partial charge on any atom is 0.416 e. The highest BCUT2D eigenvalue weighted by atomic mass is 19.4.